The Kier molecular flexibility index (Phi) is 4.51. The molecule has 1 fully saturated rings. The van der Waals surface area contributed by atoms with E-state index in [-0.39, 0.29) is 0 Å². The molecule has 0 heterocycles. The van der Waals surface area contributed by atoms with Crippen LogP contribution in [-0.4, -0.2) is 20.0 Å². The lowest BCUT2D eigenvalue weighted by Crippen LogP contribution is -2.26. The monoisotopic (exact) mass is 321 g/mol. The van der Waals surface area contributed by atoms with Crippen molar-refractivity contribution in [3.63, 3.8) is 0 Å². The van der Waals surface area contributed by atoms with E-state index < -0.39 is 20.2 Å². The number of hydrogen-bond acceptors (Lipinski definition) is 3. The Balaban J connectivity index is 2.09. The van der Waals surface area contributed by atoms with Crippen molar-refractivity contribution in [3.8, 4) is 0 Å². The molecule has 21 heavy (non-hydrogen) atoms. The van der Waals surface area contributed by atoms with Crippen molar-refractivity contribution < 1.29 is 21.6 Å². The predicted molar refractivity (Wildman–Crippen MR) is 74.7 cm³/mol. The van der Waals surface area contributed by atoms with Gasteiger partial charge in [-0.15, -0.1) is 0 Å². The van der Waals surface area contributed by atoms with Crippen LogP contribution < -0.4 is 5.32 Å². The number of nitrogens with one attached hydrogen (secondary N) is 1. The smallest absolute Gasteiger partial charge is 0.382 e. The van der Waals surface area contributed by atoms with E-state index >= 15 is 0 Å². The van der Waals surface area contributed by atoms with E-state index in [1.807, 2.05) is 0 Å². The van der Waals surface area contributed by atoms with Gasteiger partial charge in [-0.2, -0.15) is 13.2 Å². The molecular weight excluding hydrogens is 303 g/mol. The summed E-state index contributed by atoms with van der Waals surface area (Å²) in [5.74, 6) is 0.626. The summed E-state index contributed by atoms with van der Waals surface area (Å²) in [7, 11) is -5.26. The number of anilines is 1. The van der Waals surface area contributed by atoms with Crippen molar-refractivity contribution in [1.82, 2.24) is 0 Å². The molecule has 0 aliphatic heterocycles. The Morgan fingerprint density at radius 1 is 1.14 bits per heavy atom. The lowest BCUT2D eigenvalue weighted by molar-refractivity contribution is -0.0436. The lowest BCUT2D eigenvalue weighted by Gasteiger charge is -2.28. The maximum Gasteiger partial charge on any atom is 0.501 e. The van der Waals surface area contributed by atoms with Gasteiger partial charge in [-0.25, -0.2) is 8.42 Å². The van der Waals surface area contributed by atoms with Gasteiger partial charge in [0.2, 0.25) is 0 Å². The van der Waals surface area contributed by atoms with Gasteiger partial charge in [0.25, 0.3) is 9.84 Å². The number of rotatable bonds is 3. The molecule has 2 unspecified atom stereocenters. The summed E-state index contributed by atoms with van der Waals surface area (Å²) in [4.78, 5) is -0.724. The predicted octanol–water partition coefficient (Wildman–Crippen LogP) is 3.97. The summed E-state index contributed by atoms with van der Waals surface area (Å²) in [6, 6.07) is 5.06. The Morgan fingerprint density at radius 2 is 1.76 bits per heavy atom. The van der Waals surface area contributed by atoms with Crippen LogP contribution in [0.3, 0.4) is 0 Å². The highest BCUT2D eigenvalue weighted by atomic mass is 32.2. The first-order valence-electron chi connectivity index (χ1n) is 6.88. The summed E-state index contributed by atoms with van der Waals surface area (Å²) >= 11 is 0. The molecule has 1 saturated carbocycles. The summed E-state index contributed by atoms with van der Waals surface area (Å²) in [6.45, 7) is 2.17. The van der Waals surface area contributed by atoms with Crippen LogP contribution in [0.1, 0.15) is 32.6 Å². The molecule has 1 aromatic carbocycles. The Labute approximate surface area is 122 Å². The third kappa shape index (κ3) is 3.70. The van der Waals surface area contributed by atoms with Crippen molar-refractivity contribution in [2.24, 2.45) is 5.92 Å². The Morgan fingerprint density at radius 3 is 2.29 bits per heavy atom. The first-order chi connectivity index (χ1) is 9.70. The summed E-state index contributed by atoms with van der Waals surface area (Å²) in [6.07, 6.45) is 4.36. The molecule has 0 radical (unpaired) electrons. The topological polar surface area (TPSA) is 46.2 Å². The SMILES string of the molecule is CC1CCCC(Nc2ccc(S(=O)(=O)C(F)(F)F)cc2)C1. The average Bonchev–Trinajstić information content (AvgIpc) is 2.38. The average molecular weight is 321 g/mol. The maximum atomic E-state index is 12.4. The van der Waals surface area contributed by atoms with Crippen LogP contribution >= 0.6 is 0 Å². The molecule has 2 atom stereocenters. The van der Waals surface area contributed by atoms with Gasteiger partial charge in [0, 0.05) is 11.7 Å². The third-order valence-corrected chi connectivity index (χ3v) is 5.28. The third-order valence-electron chi connectivity index (χ3n) is 3.78. The first-order valence-corrected chi connectivity index (χ1v) is 8.36. The largest absolute Gasteiger partial charge is 0.501 e. The Hall–Kier alpha value is -1.24. The highest BCUT2D eigenvalue weighted by Gasteiger charge is 2.46. The van der Waals surface area contributed by atoms with Gasteiger partial charge < -0.3 is 5.32 Å². The summed E-state index contributed by atoms with van der Waals surface area (Å²) < 4.78 is 59.8. The van der Waals surface area contributed by atoms with E-state index in [1.165, 1.54) is 18.6 Å². The minimum atomic E-state index is -5.26. The molecule has 0 spiro atoms. The molecule has 1 aromatic rings. The molecule has 0 saturated heterocycles. The molecule has 3 nitrogen and oxygen atoms in total. The molecule has 1 aliphatic carbocycles. The molecule has 1 N–H and O–H groups in total. The van der Waals surface area contributed by atoms with Crippen molar-refractivity contribution in [2.45, 2.75) is 49.1 Å². The molecule has 0 bridgehead atoms. The lowest BCUT2D eigenvalue weighted by atomic mass is 9.87. The van der Waals surface area contributed by atoms with Gasteiger partial charge in [0.05, 0.1) is 4.90 Å². The zero-order chi connectivity index (χ0) is 15.7. The zero-order valence-electron chi connectivity index (χ0n) is 11.7. The number of halogens is 3. The quantitative estimate of drug-likeness (QED) is 0.916. The van der Waals surface area contributed by atoms with Gasteiger partial charge in [-0.1, -0.05) is 19.8 Å². The van der Waals surface area contributed by atoms with E-state index in [0.29, 0.717) is 17.6 Å². The van der Waals surface area contributed by atoms with Crippen molar-refractivity contribution in [2.75, 3.05) is 5.32 Å². The second-order valence-electron chi connectivity index (χ2n) is 5.59. The Bertz CT molecular complexity index is 581. The molecule has 118 valence electrons. The maximum absolute atomic E-state index is 12.4. The summed E-state index contributed by atoms with van der Waals surface area (Å²) in [5, 5.41) is 3.25. The van der Waals surface area contributed by atoms with E-state index in [9.17, 15) is 21.6 Å². The number of alkyl halides is 3. The number of benzene rings is 1. The zero-order valence-corrected chi connectivity index (χ0v) is 12.5. The molecule has 0 aromatic heterocycles. The molecular formula is C14H18F3NO2S. The fourth-order valence-corrected chi connectivity index (χ4v) is 3.43. The second-order valence-corrected chi connectivity index (χ2v) is 7.53. The van der Waals surface area contributed by atoms with Gasteiger partial charge in [-0.05, 0) is 43.0 Å². The van der Waals surface area contributed by atoms with E-state index in [1.54, 1.807) is 0 Å². The fourth-order valence-electron chi connectivity index (χ4n) is 2.66. The van der Waals surface area contributed by atoms with Crippen LogP contribution in [0.2, 0.25) is 0 Å². The highest BCUT2D eigenvalue weighted by Crippen LogP contribution is 2.31. The van der Waals surface area contributed by atoms with Crippen LogP contribution in [0.15, 0.2) is 29.2 Å². The second kappa shape index (κ2) is 5.87. The van der Waals surface area contributed by atoms with Crippen LogP contribution in [-0.2, 0) is 9.84 Å². The molecule has 0 amide bonds. The van der Waals surface area contributed by atoms with Crippen molar-refractivity contribution >= 4 is 15.5 Å². The van der Waals surface area contributed by atoms with Gasteiger partial charge >= 0.3 is 5.51 Å². The molecule has 1 aliphatic rings. The minimum absolute atomic E-state index is 0.291. The number of sulfone groups is 1. The van der Waals surface area contributed by atoms with Crippen LogP contribution in [0.4, 0.5) is 18.9 Å². The van der Waals surface area contributed by atoms with Gasteiger partial charge in [0.15, 0.2) is 0 Å². The minimum Gasteiger partial charge on any atom is -0.382 e. The number of hydrogen-bond donors (Lipinski definition) is 1. The van der Waals surface area contributed by atoms with Gasteiger partial charge in [-0.3, -0.25) is 0 Å². The van der Waals surface area contributed by atoms with Gasteiger partial charge in [0.1, 0.15) is 0 Å². The first kappa shape index (κ1) is 16.1. The van der Waals surface area contributed by atoms with E-state index in [2.05, 4.69) is 12.2 Å². The highest BCUT2D eigenvalue weighted by molar-refractivity contribution is 7.92. The standard InChI is InChI=1S/C14H18F3NO2S/c1-10-3-2-4-12(9-10)18-11-5-7-13(8-6-11)21(19,20)14(15,16)17/h5-8,10,12,18H,2-4,9H2,1H3. The summed E-state index contributed by atoms with van der Waals surface area (Å²) in [5.41, 5.74) is -4.61. The van der Waals surface area contributed by atoms with Crippen LogP contribution in [0.5, 0.6) is 0 Å². The van der Waals surface area contributed by atoms with Crippen LogP contribution in [0, 0.1) is 5.92 Å². The van der Waals surface area contributed by atoms with Crippen molar-refractivity contribution in [1.29, 1.82) is 0 Å². The van der Waals surface area contributed by atoms with E-state index in [4.69, 9.17) is 0 Å². The van der Waals surface area contributed by atoms with Crippen LogP contribution in [0.25, 0.3) is 0 Å². The van der Waals surface area contributed by atoms with E-state index in [0.717, 1.165) is 31.4 Å². The molecule has 7 heteroatoms. The normalized spacial score (nSPS) is 23.8. The van der Waals surface area contributed by atoms with Crippen molar-refractivity contribution in [3.05, 3.63) is 24.3 Å². The fraction of sp³-hybridized carbons (Fsp3) is 0.571. The molecule has 2 rings (SSSR count).